The SMILES string of the molecule is CCCCOC(=O)c1ccc(C2(c3ccc4nc(OO)ccc4c3)CCC(C(F)(F)F)CC2)cc1. The van der Waals surface area contributed by atoms with Gasteiger partial charge in [-0.25, -0.2) is 15.0 Å². The van der Waals surface area contributed by atoms with Gasteiger partial charge in [-0.15, -0.1) is 0 Å². The van der Waals surface area contributed by atoms with Gasteiger partial charge in [-0.2, -0.15) is 13.2 Å². The van der Waals surface area contributed by atoms with Crippen molar-refractivity contribution in [3.05, 3.63) is 71.3 Å². The Morgan fingerprint density at radius 2 is 1.74 bits per heavy atom. The third-order valence-electron chi connectivity index (χ3n) is 7.02. The van der Waals surface area contributed by atoms with Gasteiger partial charge < -0.3 is 9.62 Å². The third kappa shape index (κ3) is 5.27. The number of pyridine rings is 1. The second-order valence-electron chi connectivity index (χ2n) is 9.11. The number of unbranched alkanes of at least 4 members (excludes halogenated alkanes) is 1. The normalized spacial score (nSPS) is 20.5. The smallest absolute Gasteiger partial charge is 0.391 e. The molecule has 0 aliphatic heterocycles. The van der Waals surface area contributed by atoms with Crippen LogP contribution in [0.15, 0.2) is 54.6 Å². The predicted molar refractivity (Wildman–Crippen MR) is 125 cm³/mol. The van der Waals surface area contributed by atoms with E-state index in [4.69, 9.17) is 9.99 Å². The number of esters is 1. The minimum Gasteiger partial charge on any atom is -0.462 e. The number of hydrogen-bond acceptors (Lipinski definition) is 5. The van der Waals surface area contributed by atoms with E-state index in [1.165, 1.54) is 6.07 Å². The summed E-state index contributed by atoms with van der Waals surface area (Å²) in [7, 11) is 0. The standard InChI is InChI=1S/C27H28F3NO4/c1-2-3-16-34-25(32)18-4-7-20(8-5-18)26(14-12-21(13-15-26)27(28,29)30)22-9-10-23-19(17-22)6-11-24(31-23)35-33/h4-11,17,21,33H,2-3,12-16H2,1H3. The molecule has 1 fully saturated rings. The number of carbonyl (C=O) groups is 1. The highest BCUT2D eigenvalue weighted by atomic mass is 19.4. The lowest BCUT2D eigenvalue weighted by molar-refractivity contribution is -0.184. The van der Waals surface area contributed by atoms with E-state index >= 15 is 0 Å². The molecule has 1 aliphatic rings. The monoisotopic (exact) mass is 487 g/mol. The number of halogens is 3. The lowest BCUT2D eigenvalue weighted by Gasteiger charge is -2.42. The fourth-order valence-corrected chi connectivity index (χ4v) is 4.96. The van der Waals surface area contributed by atoms with Crippen molar-refractivity contribution in [3.63, 3.8) is 0 Å². The summed E-state index contributed by atoms with van der Waals surface area (Å²) in [5.41, 5.74) is 2.15. The summed E-state index contributed by atoms with van der Waals surface area (Å²) in [5, 5.41) is 9.66. The second kappa shape index (κ2) is 10.2. The van der Waals surface area contributed by atoms with Gasteiger partial charge in [0.2, 0.25) is 0 Å². The number of carbonyl (C=O) groups excluding carboxylic acids is 1. The van der Waals surface area contributed by atoms with Crippen molar-refractivity contribution in [1.82, 2.24) is 4.98 Å². The zero-order chi connectivity index (χ0) is 25.1. The van der Waals surface area contributed by atoms with Crippen LogP contribution >= 0.6 is 0 Å². The van der Waals surface area contributed by atoms with Crippen LogP contribution in [-0.2, 0) is 10.2 Å². The molecule has 0 spiro atoms. The maximum atomic E-state index is 13.5. The Hall–Kier alpha value is -3.13. The van der Waals surface area contributed by atoms with Gasteiger partial charge in [-0.05, 0) is 73.6 Å². The number of ether oxygens (including phenoxy) is 1. The maximum absolute atomic E-state index is 13.5. The van der Waals surface area contributed by atoms with Crippen LogP contribution in [-0.4, -0.2) is 29.0 Å². The number of hydrogen-bond donors (Lipinski definition) is 1. The van der Waals surface area contributed by atoms with E-state index < -0.39 is 23.5 Å². The summed E-state index contributed by atoms with van der Waals surface area (Å²) >= 11 is 0. The van der Waals surface area contributed by atoms with Crippen molar-refractivity contribution in [1.29, 1.82) is 0 Å². The van der Waals surface area contributed by atoms with Crippen LogP contribution < -0.4 is 4.89 Å². The van der Waals surface area contributed by atoms with Crippen molar-refractivity contribution < 1.29 is 32.8 Å². The molecule has 1 aliphatic carbocycles. The van der Waals surface area contributed by atoms with Crippen molar-refractivity contribution in [2.45, 2.75) is 57.0 Å². The molecule has 2 aromatic carbocycles. The highest BCUT2D eigenvalue weighted by Gasteiger charge is 2.47. The topological polar surface area (TPSA) is 68.7 Å². The van der Waals surface area contributed by atoms with Crippen LogP contribution in [0, 0.1) is 5.92 Å². The second-order valence-corrected chi connectivity index (χ2v) is 9.11. The quantitative estimate of drug-likeness (QED) is 0.167. The summed E-state index contributed by atoms with van der Waals surface area (Å²) in [6.07, 6.45) is -1.80. The molecule has 1 N–H and O–H groups in total. The van der Waals surface area contributed by atoms with E-state index in [1.807, 2.05) is 31.2 Å². The Kier molecular flexibility index (Phi) is 7.31. The summed E-state index contributed by atoms with van der Waals surface area (Å²) in [6, 6.07) is 15.9. The van der Waals surface area contributed by atoms with Crippen LogP contribution in [0.4, 0.5) is 13.2 Å². The Labute approximate surface area is 201 Å². The first-order valence-corrected chi connectivity index (χ1v) is 11.8. The van der Waals surface area contributed by atoms with Gasteiger partial charge in [-0.3, -0.25) is 0 Å². The molecule has 8 heteroatoms. The maximum Gasteiger partial charge on any atom is 0.391 e. The first-order valence-electron chi connectivity index (χ1n) is 11.8. The number of aromatic nitrogens is 1. The van der Waals surface area contributed by atoms with E-state index in [0.29, 0.717) is 30.5 Å². The number of alkyl halides is 3. The molecule has 0 amide bonds. The molecular weight excluding hydrogens is 459 g/mol. The summed E-state index contributed by atoms with van der Waals surface area (Å²) < 4.78 is 45.6. The minimum absolute atomic E-state index is 0.0257. The average Bonchev–Trinajstić information content (AvgIpc) is 2.87. The summed E-state index contributed by atoms with van der Waals surface area (Å²) in [5.74, 6) is -1.67. The predicted octanol–water partition coefficient (Wildman–Crippen LogP) is 7.08. The van der Waals surface area contributed by atoms with Crippen LogP contribution in [0.2, 0.25) is 0 Å². The van der Waals surface area contributed by atoms with Crippen molar-refractivity contribution >= 4 is 16.9 Å². The Balaban J connectivity index is 1.69. The first kappa shape index (κ1) is 25.0. The number of rotatable bonds is 7. The highest BCUT2D eigenvalue weighted by Crippen LogP contribution is 2.50. The average molecular weight is 488 g/mol. The molecule has 1 aromatic heterocycles. The van der Waals surface area contributed by atoms with Gasteiger partial charge in [0.1, 0.15) is 0 Å². The van der Waals surface area contributed by atoms with Crippen molar-refractivity contribution in [2.24, 2.45) is 5.92 Å². The lowest BCUT2D eigenvalue weighted by Crippen LogP contribution is -2.37. The molecule has 4 rings (SSSR count). The third-order valence-corrected chi connectivity index (χ3v) is 7.02. The van der Waals surface area contributed by atoms with Crippen LogP contribution in [0.3, 0.4) is 0 Å². The highest BCUT2D eigenvalue weighted by molar-refractivity contribution is 5.89. The van der Waals surface area contributed by atoms with Gasteiger partial charge >= 0.3 is 12.1 Å². The Bertz CT molecular complexity index is 1170. The van der Waals surface area contributed by atoms with E-state index in [1.54, 1.807) is 24.3 Å². The molecule has 35 heavy (non-hydrogen) atoms. The minimum atomic E-state index is -4.22. The molecule has 1 saturated carbocycles. The molecule has 0 unspecified atom stereocenters. The van der Waals surface area contributed by atoms with E-state index in [-0.39, 0.29) is 18.7 Å². The number of benzene rings is 2. The zero-order valence-electron chi connectivity index (χ0n) is 19.5. The van der Waals surface area contributed by atoms with Crippen LogP contribution in [0.25, 0.3) is 10.9 Å². The van der Waals surface area contributed by atoms with Crippen LogP contribution in [0.5, 0.6) is 5.88 Å². The fraction of sp³-hybridized carbons (Fsp3) is 0.407. The van der Waals surface area contributed by atoms with E-state index in [9.17, 15) is 18.0 Å². The van der Waals surface area contributed by atoms with E-state index in [2.05, 4.69) is 9.87 Å². The summed E-state index contributed by atoms with van der Waals surface area (Å²) in [4.78, 5) is 20.7. The van der Waals surface area contributed by atoms with Gasteiger partial charge in [0.05, 0.1) is 23.6 Å². The largest absolute Gasteiger partial charge is 0.462 e. The molecule has 0 radical (unpaired) electrons. The molecule has 3 aromatic rings. The van der Waals surface area contributed by atoms with Crippen molar-refractivity contribution in [3.8, 4) is 5.88 Å². The number of fused-ring (bicyclic) bond motifs is 1. The molecule has 0 atom stereocenters. The van der Waals surface area contributed by atoms with Crippen molar-refractivity contribution in [2.75, 3.05) is 6.61 Å². The van der Waals surface area contributed by atoms with Gasteiger partial charge in [0.15, 0.2) is 0 Å². The summed E-state index contributed by atoms with van der Waals surface area (Å²) in [6.45, 7) is 2.37. The number of nitrogens with zero attached hydrogens (tertiary/aromatic N) is 1. The van der Waals surface area contributed by atoms with Crippen LogP contribution in [0.1, 0.15) is 66.9 Å². The van der Waals surface area contributed by atoms with Gasteiger partial charge in [0, 0.05) is 16.9 Å². The molecule has 5 nitrogen and oxygen atoms in total. The van der Waals surface area contributed by atoms with E-state index in [0.717, 1.165) is 29.4 Å². The molecule has 0 saturated heterocycles. The lowest BCUT2D eigenvalue weighted by atomic mass is 9.63. The fourth-order valence-electron chi connectivity index (χ4n) is 4.96. The first-order chi connectivity index (χ1) is 16.8. The molecule has 1 heterocycles. The van der Waals surface area contributed by atoms with Gasteiger partial charge in [-0.1, -0.05) is 31.5 Å². The Morgan fingerprint density at radius 3 is 2.37 bits per heavy atom. The molecule has 0 bridgehead atoms. The molecular formula is C27H28F3NO4. The zero-order valence-corrected chi connectivity index (χ0v) is 19.5. The Morgan fingerprint density at radius 1 is 1.06 bits per heavy atom. The molecule has 186 valence electrons. The van der Waals surface area contributed by atoms with Gasteiger partial charge in [0.25, 0.3) is 5.88 Å².